The number of carbonyl (C=O) groups is 1. The average molecular weight is 214 g/mol. The molecular formula is C11H22N2O2. The van der Waals surface area contributed by atoms with E-state index in [-0.39, 0.29) is 12.5 Å². The Bertz CT molecular complexity index is 197. The number of hydrogen-bond donors (Lipinski definition) is 1. The molecule has 0 aliphatic carbocycles. The normalized spacial score (nSPS) is 20.9. The first-order valence-electron chi connectivity index (χ1n) is 5.83. The van der Waals surface area contributed by atoms with Gasteiger partial charge in [0.2, 0.25) is 5.91 Å². The predicted octanol–water partition coefficient (Wildman–Crippen LogP) is 0.610. The second-order valence-corrected chi connectivity index (χ2v) is 4.12. The Morgan fingerprint density at radius 3 is 3.07 bits per heavy atom. The molecule has 1 atom stereocenters. The van der Waals surface area contributed by atoms with Crippen molar-refractivity contribution in [1.29, 1.82) is 0 Å². The molecule has 0 aromatic rings. The van der Waals surface area contributed by atoms with E-state index < -0.39 is 0 Å². The van der Waals surface area contributed by atoms with Crippen LogP contribution in [0.25, 0.3) is 0 Å². The fraction of sp³-hybridized carbons (Fsp3) is 0.909. The zero-order valence-corrected chi connectivity index (χ0v) is 9.58. The quantitative estimate of drug-likeness (QED) is 0.659. The van der Waals surface area contributed by atoms with E-state index in [1.807, 2.05) is 11.8 Å². The molecule has 1 amide bonds. The average Bonchev–Trinajstić information content (AvgIpc) is 2.67. The van der Waals surface area contributed by atoms with Crippen molar-refractivity contribution >= 4 is 5.91 Å². The lowest BCUT2D eigenvalue weighted by atomic mass is 10.1. The fourth-order valence-corrected chi connectivity index (χ4v) is 1.93. The van der Waals surface area contributed by atoms with Gasteiger partial charge < -0.3 is 15.4 Å². The van der Waals surface area contributed by atoms with Crippen LogP contribution in [0.2, 0.25) is 0 Å². The van der Waals surface area contributed by atoms with E-state index >= 15 is 0 Å². The van der Waals surface area contributed by atoms with Gasteiger partial charge in [-0.1, -0.05) is 6.92 Å². The number of amides is 1. The molecule has 1 rings (SSSR count). The minimum absolute atomic E-state index is 0.128. The first-order valence-corrected chi connectivity index (χ1v) is 5.83. The lowest BCUT2D eigenvalue weighted by molar-refractivity contribution is -0.135. The Morgan fingerprint density at radius 2 is 2.40 bits per heavy atom. The van der Waals surface area contributed by atoms with Gasteiger partial charge in [-0.2, -0.15) is 0 Å². The molecule has 1 heterocycles. The third-order valence-electron chi connectivity index (χ3n) is 2.79. The summed E-state index contributed by atoms with van der Waals surface area (Å²) in [6.07, 6.45) is 3.08. The third-order valence-corrected chi connectivity index (χ3v) is 2.79. The van der Waals surface area contributed by atoms with Crippen LogP contribution in [-0.2, 0) is 9.53 Å². The van der Waals surface area contributed by atoms with Gasteiger partial charge in [0.1, 0.15) is 6.61 Å². The standard InChI is InChI=1S/C11H22N2O2/c1-2-7-15-9-11(14)13-6-4-10(8-13)3-5-12/h10H,2-9,12H2,1H3. The van der Waals surface area contributed by atoms with Crippen LogP contribution >= 0.6 is 0 Å². The van der Waals surface area contributed by atoms with Gasteiger partial charge in [-0.3, -0.25) is 4.79 Å². The smallest absolute Gasteiger partial charge is 0.248 e. The Labute approximate surface area is 91.8 Å². The summed E-state index contributed by atoms with van der Waals surface area (Å²) in [6, 6.07) is 0. The minimum Gasteiger partial charge on any atom is -0.372 e. The highest BCUT2D eigenvalue weighted by atomic mass is 16.5. The van der Waals surface area contributed by atoms with Crippen molar-refractivity contribution < 1.29 is 9.53 Å². The maximum absolute atomic E-state index is 11.6. The Kier molecular flexibility index (Phi) is 5.65. The largest absolute Gasteiger partial charge is 0.372 e. The third kappa shape index (κ3) is 4.18. The number of ether oxygens (including phenoxy) is 1. The molecule has 4 nitrogen and oxygen atoms in total. The number of hydrogen-bond acceptors (Lipinski definition) is 3. The van der Waals surface area contributed by atoms with Crippen molar-refractivity contribution in [3.8, 4) is 0 Å². The summed E-state index contributed by atoms with van der Waals surface area (Å²) in [6.45, 7) is 5.41. The summed E-state index contributed by atoms with van der Waals surface area (Å²) in [5.41, 5.74) is 5.50. The van der Waals surface area contributed by atoms with Crippen molar-refractivity contribution in [2.45, 2.75) is 26.2 Å². The molecule has 1 saturated heterocycles. The van der Waals surface area contributed by atoms with Crippen molar-refractivity contribution in [3.05, 3.63) is 0 Å². The number of likely N-dealkylation sites (tertiary alicyclic amines) is 1. The topological polar surface area (TPSA) is 55.6 Å². The van der Waals surface area contributed by atoms with E-state index in [0.29, 0.717) is 12.5 Å². The van der Waals surface area contributed by atoms with E-state index in [9.17, 15) is 4.79 Å². The molecule has 1 aliphatic heterocycles. The summed E-state index contributed by atoms with van der Waals surface area (Å²) in [5, 5.41) is 0. The molecule has 0 aromatic heterocycles. The fourth-order valence-electron chi connectivity index (χ4n) is 1.93. The van der Waals surface area contributed by atoms with Crippen LogP contribution in [0.3, 0.4) is 0 Å². The molecule has 1 aliphatic rings. The highest BCUT2D eigenvalue weighted by Gasteiger charge is 2.25. The van der Waals surface area contributed by atoms with E-state index in [1.54, 1.807) is 0 Å². The maximum atomic E-state index is 11.6. The molecule has 88 valence electrons. The van der Waals surface area contributed by atoms with Crippen molar-refractivity contribution in [1.82, 2.24) is 4.90 Å². The van der Waals surface area contributed by atoms with Crippen LogP contribution < -0.4 is 5.73 Å². The Balaban J connectivity index is 2.18. The zero-order chi connectivity index (χ0) is 11.1. The van der Waals surface area contributed by atoms with Gasteiger partial charge in [-0.25, -0.2) is 0 Å². The second-order valence-electron chi connectivity index (χ2n) is 4.12. The van der Waals surface area contributed by atoms with Gasteiger partial charge >= 0.3 is 0 Å². The SMILES string of the molecule is CCCOCC(=O)N1CCC(CCN)C1. The van der Waals surface area contributed by atoms with Gasteiger partial charge in [0.05, 0.1) is 0 Å². The molecule has 0 aromatic carbocycles. The number of rotatable bonds is 6. The summed E-state index contributed by atoms with van der Waals surface area (Å²) in [4.78, 5) is 13.5. The van der Waals surface area contributed by atoms with Gasteiger partial charge in [0, 0.05) is 19.7 Å². The van der Waals surface area contributed by atoms with Gasteiger partial charge in [-0.05, 0) is 31.7 Å². The van der Waals surface area contributed by atoms with Crippen LogP contribution in [0.4, 0.5) is 0 Å². The minimum atomic E-state index is 0.128. The number of nitrogens with zero attached hydrogens (tertiary/aromatic N) is 1. The molecule has 1 fully saturated rings. The highest BCUT2D eigenvalue weighted by molar-refractivity contribution is 5.77. The lowest BCUT2D eigenvalue weighted by Crippen LogP contribution is -2.32. The first-order chi connectivity index (χ1) is 7.27. The first kappa shape index (κ1) is 12.5. The molecule has 0 bridgehead atoms. The van der Waals surface area contributed by atoms with Crippen LogP contribution in [0.15, 0.2) is 0 Å². The molecule has 15 heavy (non-hydrogen) atoms. The zero-order valence-electron chi connectivity index (χ0n) is 9.58. The molecular weight excluding hydrogens is 192 g/mol. The van der Waals surface area contributed by atoms with Crippen LogP contribution in [0.5, 0.6) is 0 Å². The predicted molar refractivity (Wildman–Crippen MR) is 59.5 cm³/mol. The van der Waals surface area contributed by atoms with Gasteiger partial charge in [-0.15, -0.1) is 0 Å². The maximum Gasteiger partial charge on any atom is 0.248 e. The van der Waals surface area contributed by atoms with E-state index in [1.165, 1.54) is 0 Å². The van der Waals surface area contributed by atoms with E-state index in [0.717, 1.165) is 38.9 Å². The van der Waals surface area contributed by atoms with Crippen molar-refractivity contribution in [2.24, 2.45) is 11.7 Å². The van der Waals surface area contributed by atoms with Gasteiger partial charge in [0.25, 0.3) is 0 Å². The lowest BCUT2D eigenvalue weighted by Gasteiger charge is -2.16. The van der Waals surface area contributed by atoms with Crippen molar-refractivity contribution in [3.63, 3.8) is 0 Å². The number of carbonyl (C=O) groups excluding carboxylic acids is 1. The number of nitrogens with two attached hydrogens (primary N) is 1. The molecule has 4 heteroatoms. The van der Waals surface area contributed by atoms with Crippen LogP contribution in [-0.4, -0.2) is 43.7 Å². The summed E-state index contributed by atoms with van der Waals surface area (Å²) < 4.78 is 5.24. The highest BCUT2D eigenvalue weighted by Crippen LogP contribution is 2.18. The Hall–Kier alpha value is -0.610. The van der Waals surface area contributed by atoms with Crippen LogP contribution in [0.1, 0.15) is 26.2 Å². The molecule has 1 unspecified atom stereocenters. The van der Waals surface area contributed by atoms with Gasteiger partial charge in [0.15, 0.2) is 0 Å². The summed E-state index contributed by atoms with van der Waals surface area (Å²) in [5.74, 6) is 0.730. The van der Waals surface area contributed by atoms with E-state index in [2.05, 4.69) is 0 Å². The molecule has 0 radical (unpaired) electrons. The molecule has 0 spiro atoms. The second kappa shape index (κ2) is 6.80. The van der Waals surface area contributed by atoms with Crippen LogP contribution in [0, 0.1) is 5.92 Å². The summed E-state index contributed by atoms with van der Waals surface area (Å²) >= 11 is 0. The molecule has 0 saturated carbocycles. The van der Waals surface area contributed by atoms with E-state index in [4.69, 9.17) is 10.5 Å². The van der Waals surface area contributed by atoms with Crippen molar-refractivity contribution in [2.75, 3.05) is 32.8 Å². The summed E-state index contributed by atoms with van der Waals surface area (Å²) in [7, 11) is 0. The molecule has 2 N–H and O–H groups in total. The Morgan fingerprint density at radius 1 is 1.60 bits per heavy atom. The monoisotopic (exact) mass is 214 g/mol.